The largest absolute Gasteiger partial charge is 0.539 e. The van der Waals surface area contributed by atoms with E-state index < -0.39 is 8.32 Å². The summed E-state index contributed by atoms with van der Waals surface area (Å²) in [5, 5.41) is 10.8. The zero-order valence-corrected chi connectivity index (χ0v) is 27.7. The number of para-hydroxylation sites is 2. The maximum atomic E-state index is 9.56. The molecule has 7 rings (SSSR count). The van der Waals surface area contributed by atoms with Gasteiger partial charge in [0.25, 0.3) is 8.32 Å². The first-order valence-electron chi connectivity index (χ1n) is 15.8. The molecule has 0 unspecified atom stereocenters. The highest BCUT2D eigenvalue weighted by molar-refractivity contribution is 6.87. The Morgan fingerprint density at radius 2 is 1.38 bits per heavy atom. The van der Waals surface area contributed by atoms with Gasteiger partial charge in [0.1, 0.15) is 11.6 Å². The normalized spacial score (nSPS) is 13.4. The van der Waals surface area contributed by atoms with Gasteiger partial charge in [0.2, 0.25) is 0 Å². The summed E-state index contributed by atoms with van der Waals surface area (Å²) in [7, 11) is -2.48. The van der Waals surface area contributed by atoms with Crippen LogP contribution in [0.1, 0.15) is 56.2 Å². The fraction of sp³-hybridized carbons (Fsp3) is 0.200. The van der Waals surface area contributed by atoms with Crippen molar-refractivity contribution in [3.8, 4) is 51.1 Å². The Balaban J connectivity index is 1.57. The molecular weight excluding hydrogens is 567 g/mol. The number of hydrogen-bond acceptors (Lipinski definition) is 3. The second kappa shape index (κ2) is 10.9. The Labute approximate surface area is 266 Å². The molecule has 1 aromatic heterocycles. The Morgan fingerprint density at radius 3 is 2.07 bits per heavy atom. The zero-order chi connectivity index (χ0) is 31.5. The molecule has 0 atom stereocenters. The van der Waals surface area contributed by atoms with Crippen molar-refractivity contribution in [3.05, 3.63) is 120 Å². The van der Waals surface area contributed by atoms with Gasteiger partial charge in [0.15, 0.2) is 0 Å². The minimum atomic E-state index is -2.48. The third-order valence-corrected chi connectivity index (χ3v) is 11.5. The summed E-state index contributed by atoms with van der Waals surface area (Å²) in [6.45, 7) is 13.7. The lowest BCUT2D eigenvalue weighted by atomic mass is 9.88. The van der Waals surface area contributed by atoms with Gasteiger partial charge in [0, 0.05) is 11.1 Å². The van der Waals surface area contributed by atoms with Crippen LogP contribution < -0.4 is 9.61 Å². The molecule has 45 heavy (non-hydrogen) atoms. The number of imidazole rings is 1. The standard InChI is InChI=1S/C40H37N3OSi/c1-25(2)33-22-29(28-13-8-7-9-14-28)23-34(26(3)4)38(33)43-36-18-11-10-17-35(36)42-40(43)32-16-12-15-31-30-20-19-27(24-41)21-37(30)44-45(5,6)39(31)32/h7-23,25-26H,1-6H3. The van der Waals surface area contributed by atoms with Gasteiger partial charge in [-0.2, -0.15) is 5.26 Å². The molecule has 5 heteroatoms. The molecule has 6 aromatic rings. The number of fused-ring (bicyclic) bond motifs is 4. The lowest BCUT2D eigenvalue weighted by Gasteiger charge is -2.35. The quantitative estimate of drug-likeness (QED) is 0.184. The molecule has 0 fully saturated rings. The van der Waals surface area contributed by atoms with Crippen molar-refractivity contribution in [3.63, 3.8) is 0 Å². The molecule has 0 radical (unpaired) electrons. The first-order valence-corrected chi connectivity index (χ1v) is 18.7. The van der Waals surface area contributed by atoms with Gasteiger partial charge in [-0.3, -0.25) is 4.57 Å². The van der Waals surface area contributed by atoms with E-state index in [9.17, 15) is 5.26 Å². The van der Waals surface area contributed by atoms with Crippen LogP contribution in [0.25, 0.3) is 50.4 Å². The lowest BCUT2D eigenvalue weighted by Crippen LogP contribution is -2.52. The lowest BCUT2D eigenvalue weighted by molar-refractivity contribution is 0.562. The van der Waals surface area contributed by atoms with Gasteiger partial charge < -0.3 is 4.43 Å². The van der Waals surface area contributed by atoms with Crippen molar-refractivity contribution in [2.24, 2.45) is 0 Å². The van der Waals surface area contributed by atoms with E-state index in [0.717, 1.165) is 33.7 Å². The summed E-state index contributed by atoms with van der Waals surface area (Å²) in [6.07, 6.45) is 0. The first-order chi connectivity index (χ1) is 21.7. The van der Waals surface area contributed by atoms with Crippen LogP contribution in [0.4, 0.5) is 0 Å². The van der Waals surface area contributed by atoms with E-state index in [0.29, 0.717) is 5.56 Å². The maximum absolute atomic E-state index is 9.56. The van der Waals surface area contributed by atoms with Crippen molar-refractivity contribution >= 4 is 24.5 Å². The Kier molecular flexibility index (Phi) is 6.99. The number of benzene rings is 5. The number of hydrogen-bond donors (Lipinski definition) is 0. The molecule has 2 heterocycles. The zero-order valence-electron chi connectivity index (χ0n) is 26.7. The minimum absolute atomic E-state index is 0.287. The Bertz CT molecular complexity index is 2100. The van der Waals surface area contributed by atoms with Crippen molar-refractivity contribution in [1.29, 1.82) is 5.26 Å². The number of rotatable bonds is 5. The molecule has 0 N–H and O–H groups in total. The highest BCUT2D eigenvalue weighted by Crippen LogP contribution is 2.43. The monoisotopic (exact) mass is 603 g/mol. The van der Waals surface area contributed by atoms with Crippen molar-refractivity contribution in [2.45, 2.75) is 52.6 Å². The molecule has 5 aromatic carbocycles. The van der Waals surface area contributed by atoms with Gasteiger partial charge in [-0.1, -0.05) is 88.4 Å². The Morgan fingerprint density at radius 1 is 0.711 bits per heavy atom. The molecule has 0 aliphatic carbocycles. The van der Waals surface area contributed by atoms with Gasteiger partial charge in [-0.15, -0.1) is 0 Å². The fourth-order valence-electron chi connectivity index (χ4n) is 6.89. The summed E-state index contributed by atoms with van der Waals surface area (Å²) in [5.74, 6) is 2.31. The second-order valence-electron chi connectivity index (χ2n) is 13.1. The van der Waals surface area contributed by atoms with E-state index in [1.165, 1.54) is 38.7 Å². The van der Waals surface area contributed by atoms with Crippen LogP contribution in [0, 0.1) is 11.3 Å². The molecule has 1 aliphatic rings. The van der Waals surface area contributed by atoms with E-state index >= 15 is 0 Å². The van der Waals surface area contributed by atoms with E-state index in [1.807, 2.05) is 18.2 Å². The molecule has 0 spiro atoms. The smallest absolute Gasteiger partial charge is 0.278 e. The molecule has 0 saturated carbocycles. The summed E-state index contributed by atoms with van der Waals surface area (Å²) >= 11 is 0. The van der Waals surface area contributed by atoms with Crippen LogP contribution in [0.5, 0.6) is 5.75 Å². The Hall–Kier alpha value is -4.92. The van der Waals surface area contributed by atoms with Crippen LogP contribution in [0.15, 0.2) is 103 Å². The number of nitrogens with zero attached hydrogens (tertiary/aromatic N) is 3. The van der Waals surface area contributed by atoms with Gasteiger partial charge in [-0.05, 0) is 100 Å². The van der Waals surface area contributed by atoms with E-state index in [4.69, 9.17) is 9.41 Å². The molecule has 4 nitrogen and oxygen atoms in total. The van der Waals surface area contributed by atoms with Gasteiger partial charge in [0.05, 0.1) is 28.4 Å². The summed E-state index contributed by atoms with van der Waals surface area (Å²) < 4.78 is 9.23. The van der Waals surface area contributed by atoms with Crippen molar-refractivity contribution in [2.75, 3.05) is 0 Å². The first kappa shape index (κ1) is 28.8. The predicted octanol–water partition coefficient (Wildman–Crippen LogP) is 9.95. The fourth-order valence-corrected chi connectivity index (χ4v) is 9.42. The average Bonchev–Trinajstić information content (AvgIpc) is 3.43. The van der Waals surface area contributed by atoms with E-state index in [-0.39, 0.29) is 11.8 Å². The van der Waals surface area contributed by atoms with Gasteiger partial charge >= 0.3 is 0 Å². The molecule has 0 amide bonds. The third kappa shape index (κ3) is 4.77. The average molecular weight is 604 g/mol. The van der Waals surface area contributed by atoms with Crippen LogP contribution in [-0.4, -0.2) is 17.9 Å². The van der Waals surface area contributed by atoms with Crippen molar-refractivity contribution in [1.82, 2.24) is 9.55 Å². The highest BCUT2D eigenvalue weighted by atomic mass is 28.4. The molecule has 1 aliphatic heterocycles. The SMILES string of the molecule is CC(C)c1cc(-c2ccccc2)cc(C(C)C)c1-n1c(-c2cccc3c2[Si](C)(C)Oc2cc(C#N)ccc2-3)nc2ccccc21. The van der Waals surface area contributed by atoms with Crippen LogP contribution in [0.2, 0.25) is 13.1 Å². The van der Waals surface area contributed by atoms with Crippen LogP contribution >= 0.6 is 0 Å². The van der Waals surface area contributed by atoms with Crippen LogP contribution in [-0.2, 0) is 0 Å². The number of aromatic nitrogens is 2. The number of nitriles is 1. The summed E-state index contributed by atoms with van der Waals surface area (Å²) in [4.78, 5) is 5.38. The topological polar surface area (TPSA) is 50.8 Å². The molecular formula is C40H37N3OSi. The highest BCUT2D eigenvalue weighted by Gasteiger charge is 2.39. The summed E-state index contributed by atoms with van der Waals surface area (Å²) in [5.41, 5.74) is 12.3. The van der Waals surface area contributed by atoms with Crippen molar-refractivity contribution < 1.29 is 4.43 Å². The summed E-state index contributed by atoms with van der Waals surface area (Å²) in [6, 6.07) is 38.5. The minimum Gasteiger partial charge on any atom is -0.539 e. The second-order valence-corrected chi connectivity index (χ2v) is 16.8. The van der Waals surface area contributed by atoms with E-state index in [2.05, 4.69) is 136 Å². The van der Waals surface area contributed by atoms with Gasteiger partial charge in [-0.25, -0.2) is 4.98 Å². The predicted molar refractivity (Wildman–Crippen MR) is 188 cm³/mol. The van der Waals surface area contributed by atoms with Crippen LogP contribution in [0.3, 0.4) is 0 Å². The maximum Gasteiger partial charge on any atom is 0.278 e. The third-order valence-electron chi connectivity index (χ3n) is 8.98. The molecule has 222 valence electrons. The molecule has 0 bridgehead atoms. The molecule has 0 saturated heterocycles. The van der Waals surface area contributed by atoms with E-state index in [1.54, 1.807) is 0 Å².